The van der Waals surface area contributed by atoms with Crippen LogP contribution in [0.3, 0.4) is 0 Å². The Balaban J connectivity index is 1.38. The second-order valence-corrected chi connectivity index (χ2v) is 9.13. The third-order valence-corrected chi connectivity index (χ3v) is 6.76. The molecule has 2 amide bonds. The topological polar surface area (TPSA) is 126 Å². The number of nitrogens with one attached hydrogen (secondary N) is 1. The number of nitrogens with two attached hydrogens (primary N) is 1. The number of amides is 2. The van der Waals surface area contributed by atoms with Gasteiger partial charge in [-0.05, 0) is 62.3 Å². The zero-order chi connectivity index (χ0) is 22.1. The monoisotopic (exact) mass is 432 g/mol. The van der Waals surface area contributed by atoms with Crippen LogP contribution in [0.4, 0.5) is 5.82 Å². The lowest BCUT2D eigenvalue weighted by atomic mass is 10.0. The molecule has 1 atom stereocenters. The molecule has 2 aromatic heterocycles. The van der Waals surface area contributed by atoms with Gasteiger partial charge in [-0.2, -0.15) is 0 Å². The first-order valence-electron chi connectivity index (χ1n) is 11.0. The van der Waals surface area contributed by atoms with Crippen molar-refractivity contribution in [2.45, 2.75) is 51.2 Å². The Morgan fingerprint density at radius 1 is 1.28 bits per heavy atom. The van der Waals surface area contributed by atoms with Gasteiger partial charge in [0.05, 0.1) is 11.3 Å². The van der Waals surface area contributed by atoms with Gasteiger partial charge in [-0.1, -0.05) is 0 Å². The molecule has 0 radical (unpaired) electrons. The van der Waals surface area contributed by atoms with Gasteiger partial charge in [-0.15, -0.1) is 5.10 Å². The molecule has 164 valence electrons. The largest absolute Gasteiger partial charge is 0.507 e. The molecule has 1 unspecified atom stereocenters. The van der Waals surface area contributed by atoms with Crippen molar-refractivity contribution in [2.24, 2.45) is 5.92 Å². The van der Waals surface area contributed by atoms with Crippen LogP contribution in [-0.2, 0) is 6.54 Å². The Kier molecular flexibility index (Phi) is 3.99. The van der Waals surface area contributed by atoms with Gasteiger partial charge in [-0.3, -0.25) is 9.59 Å². The van der Waals surface area contributed by atoms with Crippen molar-refractivity contribution in [1.29, 1.82) is 0 Å². The number of phenols is 1. The number of hydrogen-bond acceptors (Lipinski definition) is 6. The van der Waals surface area contributed by atoms with E-state index in [1.807, 2.05) is 11.0 Å². The van der Waals surface area contributed by atoms with Crippen LogP contribution in [0.25, 0.3) is 16.9 Å². The molecule has 6 rings (SSSR count). The first-order valence-corrected chi connectivity index (χ1v) is 11.0. The zero-order valence-corrected chi connectivity index (χ0v) is 17.7. The standard InChI is InChI=1S/C23H24N6O3/c1-11(12-2-3-12)28-10-14-8-13(9-17(30)18(14)23(28)32)16-6-7-29-21(26-16)19(20(24)27-29)22(31)25-15-4-5-15/h6-9,11-12,15,30H,2-5,10H2,1H3,(H2,24,27)(H,25,31). The van der Waals surface area contributed by atoms with Crippen molar-refractivity contribution in [3.63, 3.8) is 0 Å². The van der Waals surface area contributed by atoms with Gasteiger partial charge in [0.1, 0.15) is 11.3 Å². The maximum Gasteiger partial charge on any atom is 0.259 e. The summed E-state index contributed by atoms with van der Waals surface area (Å²) in [6.07, 6.45) is 5.92. The second kappa shape index (κ2) is 6.69. The molecule has 0 saturated heterocycles. The zero-order valence-electron chi connectivity index (χ0n) is 17.7. The molecule has 0 bridgehead atoms. The number of rotatable bonds is 5. The van der Waals surface area contributed by atoms with Crippen LogP contribution in [0.5, 0.6) is 5.75 Å². The third kappa shape index (κ3) is 2.99. The minimum absolute atomic E-state index is 0.0469. The van der Waals surface area contributed by atoms with Crippen LogP contribution in [0.15, 0.2) is 24.4 Å². The summed E-state index contributed by atoms with van der Waals surface area (Å²) in [4.78, 5) is 32.1. The number of benzene rings is 1. The number of hydrogen-bond donors (Lipinski definition) is 3. The molecule has 3 aliphatic rings. The van der Waals surface area contributed by atoms with Crippen LogP contribution in [0.1, 0.15) is 58.9 Å². The number of phenolic OH excluding ortho intramolecular Hbond substituents is 1. The molecule has 4 N–H and O–H groups in total. The number of anilines is 1. The Morgan fingerprint density at radius 2 is 2.06 bits per heavy atom. The van der Waals surface area contributed by atoms with E-state index < -0.39 is 0 Å². The summed E-state index contributed by atoms with van der Waals surface area (Å²) >= 11 is 0. The predicted molar refractivity (Wildman–Crippen MR) is 117 cm³/mol. The molecule has 3 heterocycles. The highest BCUT2D eigenvalue weighted by atomic mass is 16.3. The van der Waals surface area contributed by atoms with Gasteiger partial charge in [0.25, 0.3) is 11.8 Å². The lowest BCUT2D eigenvalue weighted by Gasteiger charge is -2.23. The molecule has 3 aromatic rings. The van der Waals surface area contributed by atoms with Crippen LogP contribution in [-0.4, -0.2) is 48.5 Å². The van der Waals surface area contributed by atoms with E-state index in [4.69, 9.17) is 5.73 Å². The Morgan fingerprint density at radius 3 is 2.78 bits per heavy atom. The highest BCUT2D eigenvalue weighted by molar-refractivity contribution is 6.05. The Labute approximate surface area is 184 Å². The van der Waals surface area contributed by atoms with Crippen molar-refractivity contribution in [2.75, 3.05) is 5.73 Å². The van der Waals surface area contributed by atoms with Crippen molar-refractivity contribution in [3.05, 3.63) is 41.1 Å². The molecular weight excluding hydrogens is 408 g/mol. The van der Waals surface area contributed by atoms with Crippen LogP contribution < -0.4 is 11.1 Å². The average molecular weight is 432 g/mol. The van der Waals surface area contributed by atoms with Gasteiger partial charge in [0.15, 0.2) is 11.5 Å². The van der Waals surface area contributed by atoms with Crippen molar-refractivity contribution >= 4 is 23.3 Å². The normalized spacial score (nSPS) is 18.8. The van der Waals surface area contributed by atoms with Crippen molar-refractivity contribution in [3.8, 4) is 17.0 Å². The summed E-state index contributed by atoms with van der Waals surface area (Å²) in [6.45, 7) is 2.55. The first-order chi connectivity index (χ1) is 15.4. The molecule has 2 saturated carbocycles. The highest BCUT2D eigenvalue weighted by Gasteiger charge is 2.40. The fraction of sp³-hybridized carbons (Fsp3) is 0.391. The van der Waals surface area contributed by atoms with Crippen LogP contribution in [0, 0.1) is 5.92 Å². The van der Waals surface area contributed by atoms with Crippen molar-refractivity contribution in [1.82, 2.24) is 24.8 Å². The van der Waals surface area contributed by atoms with Gasteiger partial charge in [0.2, 0.25) is 0 Å². The fourth-order valence-electron chi connectivity index (χ4n) is 4.58. The van der Waals surface area contributed by atoms with Gasteiger partial charge >= 0.3 is 0 Å². The van der Waals surface area contributed by atoms with E-state index >= 15 is 0 Å². The summed E-state index contributed by atoms with van der Waals surface area (Å²) in [5, 5.41) is 17.8. The predicted octanol–water partition coefficient (Wildman–Crippen LogP) is 2.33. The number of nitrogens with zero attached hydrogens (tertiary/aromatic N) is 4. The van der Waals surface area contributed by atoms with Gasteiger partial charge in [0, 0.05) is 30.4 Å². The lowest BCUT2D eigenvalue weighted by molar-refractivity contribution is 0.0695. The molecule has 2 aliphatic carbocycles. The third-order valence-electron chi connectivity index (χ3n) is 6.76. The Hall–Kier alpha value is -3.62. The number of fused-ring (bicyclic) bond motifs is 2. The number of nitrogen functional groups attached to an aromatic ring is 1. The average Bonchev–Trinajstić information content (AvgIpc) is 3.68. The summed E-state index contributed by atoms with van der Waals surface area (Å²) in [7, 11) is 0. The van der Waals surface area contributed by atoms with E-state index in [1.165, 1.54) is 4.52 Å². The molecule has 32 heavy (non-hydrogen) atoms. The van der Waals surface area contributed by atoms with E-state index in [1.54, 1.807) is 18.3 Å². The molecule has 0 spiro atoms. The minimum atomic E-state index is -0.281. The maximum atomic E-state index is 12.9. The number of aromatic hydroxyl groups is 1. The van der Waals surface area contributed by atoms with Gasteiger partial charge < -0.3 is 21.1 Å². The molecule has 9 heteroatoms. The second-order valence-electron chi connectivity index (χ2n) is 9.13. The SMILES string of the molecule is CC(C1CC1)N1Cc2cc(-c3ccn4nc(N)c(C(=O)NC5CC5)c4n3)cc(O)c2C1=O. The fourth-order valence-corrected chi connectivity index (χ4v) is 4.58. The molecule has 2 fully saturated rings. The van der Waals surface area contributed by atoms with E-state index in [0.717, 1.165) is 31.2 Å². The number of carbonyl (C=O) groups excluding carboxylic acids is 2. The Bertz CT molecular complexity index is 1290. The van der Waals surface area contributed by atoms with E-state index in [2.05, 4.69) is 22.3 Å². The number of carbonyl (C=O) groups is 2. The molecule has 1 aliphatic heterocycles. The summed E-state index contributed by atoms with van der Waals surface area (Å²) in [5.41, 5.74) is 9.03. The van der Waals surface area contributed by atoms with E-state index in [9.17, 15) is 14.7 Å². The minimum Gasteiger partial charge on any atom is -0.507 e. The first kappa shape index (κ1) is 19.1. The molecule has 9 nitrogen and oxygen atoms in total. The van der Waals surface area contributed by atoms with E-state index in [-0.39, 0.29) is 41.0 Å². The van der Waals surface area contributed by atoms with Crippen LogP contribution >= 0.6 is 0 Å². The summed E-state index contributed by atoms with van der Waals surface area (Å²) < 4.78 is 1.48. The molecule has 1 aromatic carbocycles. The smallest absolute Gasteiger partial charge is 0.259 e. The summed E-state index contributed by atoms with van der Waals surface area (Å²) in [6, 6.07) is 5.56. The summed E-state index contributed by atoms with van der Waals surface area (Å²) in [5.74, 6) is 0.229. The maximum absolute atomic E-state index is 12.9. The van der Waals surface area contributed by atoms with Crippen LogP contribution in [0.2, 0.25) is 0 Å². The van der Waals surface area contributed by atoms with E-state index in [0.29, 0.717) is 34.9 Å². The van der Waals surface area contributed by atoms with Crippen molar-refractivity contribution < 1.29 is 14.7 Å². The molecular formula is C23H24N6O3. The lowest BCUT2D eigenvalue weighted by Crippen LogP contribution is -2.34. The quantitative estimate of drug-likeness (QED) is 0.568. The van der Waals surface area contributed by atoms with Gasteiger partial charge in [-0.25, -0.2) is 9.50 Å². The number of aromatic nitrogens is 3. The highest BCUT2D eigenvalue weighted by Crippen LogP contribution is 2.41.